The maximum atomic E-state index is 10.9. The Labute approximate surface area is 108 Å². The van der Waals surface area contributed by atoms with Crippen LogP contribution in [0.4, 0.5) is 0 Å². The molecule has 1 fully saturated rings. The van der Waals surface area contributed by atoms with Crippen molar-refractivity contribution in [2.45, 2.75) is 46.1 Å². The van der Waals surface area contributed by atoms with Crippen molar-refractivity contribution in [1.29, 1.82) is 0 Å². The highest BCUT2D eigenvalue weighted by Gasteiger charge is 2.41. The minimum Gasteiger partial charge on any atom is -0.478 e. The van der Waals surface area contributed by atoms with Crippen LogP contribution in [-0.2, 0) is 4.79 Å². The number of fused-ring (bicyclic) bond motifs is 1. The van der Waals surface area contributed by atoms with Gasteiger partial charge in [-0.2, -0.15) is 0 Å². The number of carboxylic acid groups (broad SMARTS) is 1. The van der Waals surface area contributed by atoms with Crippen molar-refractivity contribution in [2.24, 2.45) is 17.8 Å². The molecule has 3 heteroatoms. The average molecular weight is 250 g/mol. The maximum Gasteiger partial charge on any atom is 0.330 e. The molecule has 4 atom stereocenters. The normalized spacial score (nSPS) is 36.8. The summed E-state index contributed by atoms with van der Waals surface area (Å²) in [6.45, 7) is 5.92. The lowest BCUT2D eigenvalue weighted by atomic mass is 9.70. The van der Waals surface area contributed by atoms with Gasteiger partial charge in [-0.3, -0.25) is 0 Å². The first-order valence-electron chi connectivity index (χ1n) is 6.71. The average Bonchev–Trinajstić information content (AvgIpc) is 2.59. The highest BCUT2D eigenvalue weighted by molar-refractivity contribution is 5.85. The predicted molar refractivity (Wildman–Crippen MR) is 70.1 cm³/mol. The molecular formula is C15H22O3. The summed E-state index contributed by atoms with van der Waals surface area (Å²) in [5, 5.41) is 19.1. The van der Waals surface area contributed by atoms with Gasteiger partial charge in [-0.15, -0.1) is 0 Å². The number of allylic oxidation sites excluding steroid dienone is 1. The van der Waals surface area contributed by atoms with Gasteiger partial charge in [-0.25, -0.2) is 4.79 Å². The largest absolute Gasteiger partial charge is 0.478 e. The first-order chi connectivity index (χ1) is 8.41. The van der Waals surface area contributed by atoms with Gasteiger partial charge in [-0.05, 0) is 44.9 Å². The lowest BCUT2D eigenvalue weighted by Crippen LogP contribution is -2.30. The Morgan fingerprint density at radius 2 is 2.06 bits per heavy atom. The van der Waals surface area contributed by atoms with E-state index in [0.717, 1.165) is 19.3 Å². The molecule has 100 valence electrons. The van der Waals surface area contributed by atoms with Crippen molar-refractivity contribution in [2.75, 3.05) is 0 Å². The van der Waals surface area contributed by atoms with Crippen LogP contribution in [0, 0.1) is 17.8 Å². The van der Waals surface area contributed by atoms with E-state index in [1.807, 2.05) is 6.08 Å². The second kappa shape index (κ2) is 4.88. The van der Waals surface area contributed by atoms with Crippen molar-refractivity contribution in [3.8, 4) is 0 Å². The fourth-order valence-corrected chi connectivity index (χ4v) is 3.62. The molecule has 2 N–H and O–H groups in total. The minimum absolute atomic E-state index is 0.208. The second-order valence-corrected chi connectivity index (χ2v) is 5.85. The Kier molecular flexibility index (Phi) is 3.62. The summed E-state index contributed by atoms with van der Waals surface area (Å²) in [5.41, 5.74) is 2.98. The lowest BCUT2D eigenvalue weighted by Gasteiger charge is -2.35. The van der Waals surface area contributed by atoms with E-state index in [0.29, 0.717) is 11.5 Å². The van der Waals surface area contributed by atoms with Crippen LogP contribution in [0.25, 0.3) is 0 Å². The monoisotopic (exact) mass is 250 g/mol. The van der Waals surface area contributed by atoms with Gasteiger partial charge in [0.05, 0.1) is 6.10 Å². The summed E-state index contributed by atoms with van der Waals surface area (Å²) in [6, 6.07) is 0. The number of rotatable bonds is 2. The number of aliphatic hydroxyl groups is 1. The zero-order valence-electron chi connectivity index (χ0n) is 11.3. The van der Waals surface area contributed by atoms with Gasteiger partial charge in [0.15, 0.2) is 0 Å². The summed E-state index contributed by atoms with van der Waals surface area (Å²) < 4.78 is 0. The van der Waals surface area contributed by atoms with E-state index >= 15 is 0 Å². The van der Waals surface area contributed by atoms with Crippen LogP contribution in [0.3, 0.4) is 0 Å². The summed E-state index contributed by atoms with van der Waals surface area (Å²) in [7, 11) is 0. The zero-order valence-corrected chi connectivity index (χ0v) is 11.3. The van der Waals surface area contributed by atoms with Crippen molar-refractivity contribution < 1.29 is 15.0 Å². The number of hydrogen-bond donors (Lipinski definition) is 2. The Bertz CT molecular complexity index is 419. The molecule has 0 amide bonds. The molecule has 1 saturated carbocycles. The van der Waals surface area contributed by atoms with E-state index in [-0.39, 0.29) is 17.9 Å². The van der Waals surface area contributed by atoms with Gasteiger partial charge in [0, 0.05) is 11.5 Å². The lowest BCUT2D eigenvalue weighted by molar-refractivity contribution is -0.132. The molecular weight excluding hydrogens is 228 g/mol. The fraction of sp³-hybridized carbons (Fsp3) is 0.667. The van der Waals surface area contributed by atoms with Crippen LogP contribution in [0.2, 0.25) is 0 Å². The number of aliphatic carboxylic acids is 1. The Hall–Kier alpha value is -1.09. The molecule has 2 aliphatic rings. The summed E-state index contributed by atoms with van der Waals surface area (Å²) in [4.78, 5) is 10.9. The first-order valence-corrected chi connectivity index (χ1v) is 6.71. The first kappa shape index (κ1) is 13.3. The second-order valence-electron chi connectivity index (χ2n) is 5.85. The molecule has 0 saturated heterocycles. The Morgan fingerprint density at radius 1 is 1.39 bits per heavy atom. The molecule has 2 aliphatic carbocycles. The van der Waals surface area contributed by atoms with E-state index in [1.54, 1.807) is 6.92 Å². The summed E-state index contributed by atoms with van der Waals surface area (Å²) in [6.07, 6.45) is 4.42. The van der Waals surface area contributed by atoms with Gasteiger partial charge in [0.2, 0.25) is 0 Å². The van der Waals surface area contributed by atoms with Crippen molar-refractivity contribution in [3.05, 3.63) is 22.8 Å². The summed E-state index contributed by atoms with van der Waals surface area (Å²) in [5.74, 6) is 0.102. The van der Waals surface area contributed by atoms with Gasteiger partial charge < -0.3 is 10.2 Å². The predicted octanol–water partition coefficient (Wildman–Crippen LogP) is 2.76. The van der Waals surface area contributed by atoms with Crippen molar-refractivity contribution in [3.63, 3.8) is 0 Å². The number of carboxylic acids is 1. The van der Waals surface area contributed by atoms with E-state index in [2.05, 4.69) is 13.8 Å². The van der Waals surface area contributed by atoms with E-state index in [9.17, 15) is 9.90 Å². The molecule has 0 aromatic carbocycles. The molecule has 18 heavy (non-hydrogen) atoms. The van der Waals surface area contributed by atoms with Crippen LogP contribution >= 0.6 is 0 Å². The summed E-state index contributed by atoms with van der Waals surface area (Å²) >= 11 is 0. The Morgan fingerprint density at radius 3 is 2.67 bits per heavy atom. The molecule has 0 aliphatic heterocycles. The van der Waals surface area contributed by atoms with E-state index < -0.39 is 5.97 Å². The topological polar surface area (TPSA) is 57.5 Å². The standard InChI is InChI=1S/C15H22O3/c1-8-4-5-11(6-10(3)15(17)18)13-9(2)7-12(16)14(8)13/h6,8,11-12,14,16H,4-5,7H2,1-3H3,(H,17,18). The zero-order chi connectivity index (χ0) is 13.4. The SMILES string of the molecule is CC(=CC1CCC(C)C2C1=C(C)CC2O)C(=O)O. The molecule has 0 heterocycles. The molecule has 4 unspecified atom stereocenters. The molecule has 0 aromatic rings. The highest BCUT2D eigenvalue weighted by atomic mass is 16.4. The van der Waals surface area contributed by atoms with Crippen molar-refractivity contribution in [1.82, 2.24) is 0 Å². The van der Waals surface area contributed by atoms with E-state index in [1.165, 1.54) is 11.1 Å². The number of hydrogen-bond acceptors (Lipinski definition) is 2. The number of aliphatic hydroxyl groups excluding tert-OH is 1. The van der Waals surface area contributed by atoms with Crippen molar-refractivity contribution >= 4 is 5.97 Å². The van der Waals surface area contributed by atoms with E-state index in [4.69, 9.17) is 5.11 Å². The van der Waals surface area contributed by atoms with Gasteiger partial charge in [-0.1, -0.05) is 24.1 Å². The van der Waals surface area contributed by atoms with Gasteiger partial charge >= 0.3 is 5.97 Å². The Balaban J connectivity index is 2.31. The van der Waals surface area contributed by atoms with Gasteiger partial charge in [0.1, 0.15) is 0 Å². The molecule has 3 nitrogen and oxygen atoms in total. The van der Waals surface area contributed by atoms with Crippen LogP contribution in [0.5, 0.6) is 0 Å². The van der Waals surface area contributed by atoms with Crippen LogP contribution in [-0.4, -0.2) is 22.3 Å². The third-order valence-corrected chi connectivity index (χ3v) is 4.52. The van der Waals surface area contributed by atoms with Crippen LogP contribution in [0.15, 0.2) is 22.8 Å². The molecule has 0 bridgehead atoms. The molecule has 0 radical (unpaired) electrons. The third-order valence-electron chi connectivity index (χ3n) is 4.52. The molecule has 0 aromatic heterocycles. The molecule has 0 spiro atoms. The smallest absolute Gasteiger partial charge is 0.330 e. The fourth-order valence-electron chi connectivity index (χ4n) is 3.62. The van der Waals surface area contributed by atoms with Crippen LogP contribution in [0.1, 0.15) is 40.0 Å². The van der Waals surface area contributed by atoms with Crippen LogP contribution < -0.4 is 0 Å². The van der Waals surface area contributed by atoms with Gasteiger partial charge in [0.25, 0.3) is 0 Å². The highest BCUT2D eigenvalue weighted by Crippen LogP contribution is 2.48. The molecule has 2 rings (SSSR count). The maximum absolute atomic E-state index is 10.9. The minimum atomic E-state index is -0.845. The third kappa shape index (κ3) is 2.24. The quantitative estimate of drug-likeness (QED) is 0.585. The number of carbonyl (C=O) groups is 1.